The molecular formula is C5H13FN+. The van der Waals surface area contributed by atoms with Gasteiger partial charge >= 0.3 is 0 Å². The van der Waals surface area contributed by atoms with Gasteiger partial charge in [0.15, 0.2) is 0 Å². The molecule has 0 amide bonds. The molecule has 0 heterocycles. The molecule has 1 nitrogen and oxygen atoms in total. The Morgan fingerprint density at radius 3 is 1.71 bits per heavy atom. The van der Waals surface area contributed by atoms with Crippen molar-refractivity contribution in [3.63, 3.8) is 0 Å². The molecule has 0 aromatic heterocycles. The fraction of sp³-hybridized carbons (Fsp3) is 1.00. The quantitative estimate of drug-likeness (QED) is 0.453. The van der Waals surface area contributed by atoms with E-state index in [1.807, 2.05) is 21.1 Å². The zero-order valence-corrected chi connectivity index (χ0v) is 5.24. The van der Waals surface area contributed by atoms with Crippen molar-refractivity contribution >= 4 is 0 Å². The van der Waals surface area contributed by atoms with Gasteiger partial charge in [-0.05, 0) is 0 Å². The van der Waals surface area contributed by atoms with Crippen LogP contribution in [0.2, 0.25) is 0 Å². The van der Waals surface area contributed by atoms with Crippen molar-refractivity contribution in [1.29, 1.82) is 0 Å². The van der Waals surface area contributed by atoms with Crippen LogP contribution in [0.4, 0.5) is 4.39 Å². The van der Waals surface area contributed by atoms with Crippen molar-refractivity contribution in [2.24, 2.45) is 0 Å². The summed E-state index contributed by atoms with van der Waals surface area (Å²) >= 11 is 0. The first-order valence-corrected chi connectivity index (χ1v) is 2.43. The Labute approximate surface area is 44.3 Å². The highest BCUT2D eigenvalue weighted by Gasteiger charge is 2.03. The number of quaternary nitrogens is 1. The summed E-state index contributed by atoms with van der Waals surface area (Å²) in [4.78, 5) is 0. The van der Waals surface area contributed by atoms with Gasteiger partial charge in [-0.1, -0.05) is 0 Å². The Hall–Kier alpha value is -0.110. The third kappa shape index (κ3) is 5.89. The van der Waals surface area contributed by atoms with Gasteiger partial charge in [-0.2, -0.15) is 0 Å². The van der Waals surface area contributed by atoms with Crippen molar-refractivity contribution in [3.8, 4) is 0 Å². The molecule has 0 fully saturated rings. The summed E-state index contributed by atoms with van der Waals surface area (Å²) in [5.74, 6) is 0. The zero-order valence-electron chi connectivity index (χ0n) is 5.24. The van der Waals surface area contributed by atoms with Crippen LogP contribution in [0.15, 0.2) is 0 Å². The minimum atomic E-state index is -0.219. The van der Waals surface area contributed by atoms with Crippen molar-refractivity contribution in [2.75, 3.05) is 34.4 Å². The van der Waals surface area contributed by atoms with Gasteiger partial charge in [0.1, 0.15) is 13.2 Å². The summed E-state index contributed by atoms with van der Waals surface area (Å²) in [5.41, 5.74) is 0. The van der Waals surface area contributed by atoms with Crippen LogP contribution in [0.3, 0.4) is 0 Å². The fourth-order valence-corrected chi connectivity index (χ4v) is 0.254. The van der Waals surface area contributed by atoms with Gasteiger partial charge < -0.3 is 4.48 Å². The minimum Gasteiger partial charge on any atom is -0.329 e. The van der Waals surface area contributed by atoms with Gasteiger partial charge in [-0.3, -0.25) is 0 Å². The van der Waals surface area contributed by atoms with Crippen molar-refractivity contribution in [2.45, 2.75) is 0 Å². The molecule has 0 aliphatic heterocycles. The van der Waals surface area contributed by atoms with Crippen molar-refractivity contribution < 1.29 is 8.87 Å². The molecule has 0 saturated heterocycles. The van der Waals surface area contributed by atoms with Crippen molar-refractivity contribution in [1.82, 2.24) is 0 Å². The Bertz CT molecular complexity index is 46.5. The summed E-state index contributed by atoms with van der Waals surface area (Å²) < 4.78 is 12.2. The molecule has 0 radical (unpaired) electrons. The van der Waals surface area contributed by atoms with Crippen LogP contribution in [0.25, 0.3) is 0 Å². The number of rotatable bonds is 2. The predicted molar refractivity (Wildman–Crippen MR) is 28.9 cm³/mol. The van der Waals surface area contributed by atoms with E-state index in [4.69, 9.17) is 0 Å². The monoisotopic (exact) mass is 105 g/mol. The SMILES string of the molecule is C[N+](C)(C)CC[18F]. The van der Waals surface area contributed by atoms with Gasteiger partial charge in [0.2, 0.25) is 0 Å². The fourth-order valence-electron chi connectivity index (χ4n) is 0.254. The first-order valence-electron chi connectivity index (χ1n) is 2.43. The molecule has 0 saturated carbocycles. The Kier molecular flexibility index (Phi) is 2.23. The number of halogens is 1. The van der Waals surface area contributed by atoms with Crippen LogP contribution in [0, 0.1) is 0 Å². The van der Waals surface area contributed by atoms with E-state index in [0.29, 0.717) is 6.54 Å². The molecule has 0 atom stereocenters. The van der Waals surface area contributed by atoms with E-state index < -0.39 is 0 Å². The van der Waals surface area contributed by atoms with Gasteiger partial charge in [0.25, 0.3) is 0 Å². The van der Waals surface area contributed by atoms with E-state index in [1.165, 1.54) is 0 Å². The highest BCUT2D eigenvalue weighted by molar-refractivity contribution is 4.19. The maximum atomic E-state index is 11.5. The van der Waals surface area contributed by atoms with Crippen molar-refractivity contribution in [3.05, 3.63) is 0 Å². The summed E-state index contributed by atoms with van der Waals surface area (Å²) in [6.07, 6.45) is 0. The van der Waals surface area contributed by atoms with Crippen LogP contribution >= 0.6 is 0 Å². The number of hydrogen-bond donors (Lipinski definition) is 0. The molecular weight excluding hydrogens is 92.1 g/mol. The third-order valence-corrected chi connectivity index (χ3v) is 0.755. The molecule has 0 rings (SSSR count). The lowest BCUT2D eigenvalue weighted by atomic mass is 10.5. The van der Waals surface area contributed by atoms with Crippen LogP contribution in [0.5, 0.6) is 0 Å². The molecule has 0 aliphatic carbocycles. The van der Waals surface area contributed by atoms with Gasteiger partial charge in [0, 0.05) is 0 Å². The van der Waals surface area contributed by atoms with Gasteiger partial charge in [-0.25, -0.2) is 4.39 Å². The highest BCUT2D eigenvalue weighted by Crippen LogP contribution is 1.86. The average molecular weight is 105 g/mol. The van der Waals surface area contributed by atoms with Gasteiger partial charge in [0.05, 0.1) is 21.1 Å². The van der Waals surface area contributed by atoms with Crippen LogP contribution in [0.1, 0.15) is 0 Å². The molecule has 0 unspecified atom stereocenters. The number of nitrogens with zero attached hydrogens (tertiary/aromatic N) is 1. The molecule has 0 spiro atoms. The second-order valence-corrected chi connectivity index (χ2v) is 2.70. The van der Waals surface area contributed by atoms with E-state index in [1.54, 1.807) is 0 Å². The lowest BCUT2D eigenvalue weighted by molar-refractivity contribution is -0.870. The number of hydrogen-bond acceptors (Lipinski definition) is 0. The molecule has 0 N–H and O–H groups in total. The zero-order chi connectivity index (χ0) is 5.91. The van der Waals surface area contributed by atoms with E-state index >= 15 is 0 Å². The summed E-state index contributed by atoms with van der Waals surface area (Å²) in [6, 6.07) is 0. The molecule has 0 aromatic carbocycles. The predicted octanol–water partition coefficient (Wildman–Crippen LogP) is 0.662. The molecule has 7 heavy (non-hydrogen) atoms. The van der Waals surface area contributed by atoms with Crippen LogP contribution in [-0.2, 0) is 0 Å². The molecule has 2 heteroatoms. The molecule has 0 aromatic rings. The Morgan fingerprint density at radius 2 is 1.71 bits per heavy atom. The standard InChI is InChI=1S/C5H13FN/c1-7(2,3)5-4-6/h4-5H2,1-3H3/q+1/i6-1. The van der Waals surface area contributed by atoms with Crippen LogP contribution < -0.4 is 0 Å². The van der Waals surface area contributed by atoms with E-state index in [2.05, 4.69) is 0 Å². The maximum Gasteiger partial charge on any atom is 0.138 e. The van der Waals surface area contributed by atoms with E-state index in [9.17, 15) is 4.39 Å². The Morgan fingerprint density at radius 1 is 1.29 bits per heavy atom. The minimum absolute atomic E-state index is 0.219. The normalized spacial score (nSPS) is 12.0. The summed E-state index contributed by atoms with van der Waals surface area (Å²) in [5, 5.41) is 0. The number of alkyl halides is 1. The molecule has 44 valence electrons. The largest absolute Gasteiger partial charge is 0.329 e. The van der Waals surface area contributed by atoms with E-state index in [-0.39, 0.29) is 6.67 Å². The third-order valence-electron chi connectivity index (χ3n) is 0.755. The molecule has 0 bridgehead atoms. The van der Waals surface area contributed by atoms with Crippen LogP contribution in [-0.4, -0.2) is 38.8 Å². The van der Waals surface area contributed by atoms with Gasteiger partial charge in [-0.15, -0.1) is 0 Å². The highest BCUT2D eigenvalue weighted by atomic mass is 18.2. The topological polar surface area (TPSA) is 0 Å². The summed E-state index contributed by atoms with van der Waals surface area (Å²) in [7, 11) is 5.92. The molecule has 0 aliphatic rings. The lowest BCUT2D eigenvalue weighted by Crippen LogP contribution is -2.36. The first-order chi connectivity index (χ1) is 3.06. The lowest BCUT2D eigenvalue weighted by Gasteiger charge is -2.21. The van der Waals surface area contributed by atoms with E-state index in [0.717, 1.165) is 4.48 Å². The second-order valence-electron chi connectivity index (χ2n) is 2.70. The second kappa shape index (κ2) is 2.26. The average Bonchev–Trinajstić information content (AvgIpc) is 1.30. The smallest absolute Gasteiger partial charge is 0.138 e. The first kappa shape index (κ1) is 6.89. The Balaban J connectivity index is 3.15. The maximum absolute atomic E-state index is 11.5. The summed E-state index contributed by atoms with van der Waals surface area (Å²) in [6.45, 7) is 0.392.